The Labute approximate surface area is 119 Å². The molecule has 21 heavy (non-hydrogen) atoms. The number of aliphatic carboxylic acids is 1. The predicted molar refractivity (Wildman–Crippen MR) is 74.4 cm³/mol. The Morgan fingerprint density at radius 1 is 1.24 bits per heavy atom. The van der Waals surface area contributed by atoms with Crippen LogP contribution in [0.2, 0.25) is 0 Å². The van der Waals surface area contributed by atoms with Crippen molar-refractivity contribution in [2.75, 3.05) is 0 Å². The van der Waals surface area contributed by atoms with Crippen LogP contribution in [-0.2, 0) is 11.2 Å². The lowest BCUT2D eigenvalue weighted by atomic mass is 9.93. The number of hydrogen-bond donors (Lipinski definition) is 1. The highest BCUT2D eigenvalue weighted by molar-refractivity contribution is 6.16. The molecule has 0 aliphatic heterocycles. The lowest BCUT2D eigenvalue weighted by Gasteiger charge is -2.10. The summed E-state index contributed by atoms with van der Waals surface area (Å²) in [5.74, 6) is -1.18. The van der Waals surface area contributed by atoms with E-state index in [4.69, 9.17) is 13.9 Å². The van der Waals surface area contributed by atoms with Crippen LogP contribution >= 0.6 is 0 Å². The van der Waals surface area contributed by atoms with Crippen LogP contribution in [0, 0.1) is 6.92 Å². The van der Waals surface area contributed by atoms with E-state index >= 15 is 0 Å². The minimum Gasteiger partial charge on any atom is -0.481 e. The Hall–Kier alpha value is -2.82. The minimum atomic E-state index is -0.942. The fourth-order valence-corrected chi connectivity index (χ4v) is 2.42. The lowest BCUT2D eigenvalue weighted by Crippen LogP contribution is -2.08. The average Bonchev–Trinajstić information content (AvgIpc) is 3.08. The molecule has 0 saturated carbocycles. The van der Waals surface area contributed by atoms with Crippen molar-refractivity contribution in [1.82, 2.24) is 0 Å². The summed E-state index contributed by atoms with van der Waals surface area (Å²) in [5, 5.41) is 9.72. The highest BCUT2D eigenvalue weighted by atomic mass is 16.4. The number of rotatable bonds is 4. The standard InChI is InChI=1S/C16H12O5/c1-9-12(7-13(17)18)6-10-3-5-21-16(10)14(9)15(19)11-2-4-20-8-11/h2-6,8H,7H2,1H3,(H,17,18). The van der Waals surface area contributed by atoms with Gasteiger partial charge in [-0.25, -0.2) is 0 Å². The van der Waals surface area contributed by atoms with Crippen molar-refractivity contribution in [1.29, 1.82) is 0 Å². The first kappa shape index (κ1) is 13.2. The van der Waals surface area contributed by atoms with Gasteiger partial charge < -0.3 is 13.9 Å². The van der Waals surface area contributed by atoms with E-state index in [9.17, 15) is 9.59 Å². The maximum atomic E-state index is 12.6. The molecule has 5 heteroatoms. The molecule has 0 fully saturated rings. The number of carbonyl (C=O) groups is 2. The SMILES string of the molecule is Cc1c(CC(=O)O)cc2ccoc2c1C(=O)c1ccoc1. The number of furan rings is 2. The summed E-state index contributed by atoms with van der Waals surface area (Å²) in [6.45, 7) is 1.73. The Morgan fingerprint density at radius 3 is 2.71 bits per heavy atom. The number of fused-ring (bicyclic) bond motifs is 1. The smallest absolute Gasteiger partial charge is 0.307 e. The molecule has 0 unspecified atom stereocenters. The molecule has 2 heterocycles. The van der Waals surface area contributed by atoms with Crippen LogP contribution in [0.1, 0.15) is 27.0 Å². The second-order valence-electron chi connectivity index (χ2n) is 4.79. The molecule has 1 aromatic carbocycles. The highest BCUT2D eigenvalue weighted by Crippen LogP contribution is 2.29. The van der Waals surface area contributed by atoms with Gasteiger partial charge in [0.05, 0.1) is 30.1 Å². The van der Waals surface area contributed by atoms with E-state index in [2.05, 4.69) is 0 Å². The molecule has 3 aromatic rings. The van der Waals surface area contributed by atoms with Gasteiger partial charge in [-0.05, 0) is 36.2 Å². The summed E-state index contributed by atoms with van der Waals surface area (Å²) < 4.78 is 10.3. The number of ketones is 1. The van der Waals surface area contributed by atoms with Gasteiger partial charge in [0.15, 0.2) is 5.78 Å². The van der Waals surface area contributed by atoms with Crippen molar-refractivity contribution >= 4 is 22.7 Å². The van der Waals surface area contributed by atoms with Gasteiger partial charge in [-0.1, -0.05) is 0 Å². The van der Waals surface area contributed by atoms with Crippen molar-refractivity contribution in [3.05, 3.63) is 59.2 Å². The third kappa shape index (κ3) is 2.23. The molecular weight excluding hydrogens is 272 g/mol. The van der Waals surface area contributed by atoms with Crippen molar-refractivity contribution in [2.24, 2.45) is 0 Å². The van der Waals surface area contributed by atoms with Crippen LogP contribution in [0.15, 0.2) is 45.8 Å². The quantitative estimate of drug-likeness (QED) is 0.744. The Bertz CT molecular complexity index is 824. The topological polar surface area (TPSA) is 80.6 Å². The third-order valence-corrected chi connectivity index (χ3v) is 3.46. The van der Waals surface area contributed by atoms with Crippen LogP contribution in [0.5, 0.6) is 0 Å². The molecule has 0 aliphatic carbocycles. The summed E-state index contributed by atoms with van der Waals surface area (Å²) in [6.07, 6.45) is 4.13. The number of benzene rings is 1. The molecule has 0 saturated heterocycles. The lowest BCUT2D eigenvalue weighted by molar-refractivity contribution is -0.136. The Kier molecular flexibility index (Phi) is 3.10. The Balaban J connectivity index is 2.24. The Morgan fingerprint density at radius 2 is 2.05 bits per heavy atom. The maximum absolute atomic E-state index is 12.6. The fourth-order valence-electron chi connectivity index (χ4n) is 2.42. The van der Waals surface area contributed by atoms with Gasteiger partial charge in [-0.2, -0.15) is 0 Å². The largest absolute Gasteiger partial charge is 0.481 e. The zero-order valence-electron chi connectivity index (χ0n) is 11.3. The fraction of sp³-hybridized carbons (Fsp3) is 0.125. The van der Waals surface area contributed by atoms with Crippen LogP contribution in [0.25, 0.3) is 11.0 Å². The normalized spacial score (nSPS) is 10.9. The van der Waals surface area contributed by atoms with Crippen LogP contribution in [-0.4, -0.2) is 16.9 Å². The second-order valence-corrected chi connectivity index (χ2v) is 4.79. The van der Waals surface area contributed by atoms with Gasteiger partial charge in [-0.3, -0.25) is 9.59 Å². The predicted octanol–water partition coefficient (Wildman–Crippen LogP) is 3.19. The molecule has 0 atom stereocenters. The van der Waals surface area contributed by atoms with Gasteiger partial charge in [0, 0.05) is 5.39 Å². The first-order valence-electron chi connectivity index (χ1n) is 6.36. The van der Waals surface area contributed by atoms with Gasteiger partial charge in [0.1, 0.15) is 11.8 Å². The molecular formula is C16H12O5. The second kappa shape index (κ2) is 4.94. The zero-order valence-corrected chi connectivity index (χ0v) is 11.3. The van der Waals surface area contributed by atoms with E-state index in [1.165, 1.54) is 18.8 Å². The summed E-state index contributed by atoms with van der Waals surface area (Å²) in [7, 11) is 0. The van der Waals surface area contributed by atoms with E-state index in [-0.39, 0.29) is 12.2 Å². The molecule has 0 amide bonds. The number of carbonyl (C=O) groups excluding carboxylic acids is 1. The minimum absolute atomic E-state index is 0.140. The van der Waals surface area contributed by atoms with Gasteiger partial charge in [0.25, 0.3) is 0 Å². The molecule has 0 bridgehead atoms. The molecule has 0 aliphatic rings. The van der Waals surface area contributed by atoms with Crippen molar-refractivity contribution < 1.29 is 23.5 Å². The van der Waals surface area contributed by atoms with Gasteiger partial charge >= 0.3 is 5.97 Å². The number of carboxylic acids is 1. The maximum Gasteiger partial charge on any atom is 0.307 e. The first-order valence-corrected chi connectivity index (χ1v) is 6.36. The van der Waals surface area contributed by atoms with E-state index in [1.54, 1.807) is 25.1 Å². The molecule has 3 rings (SSSR count). The zero-order chi connectivity index (χ0) is 15.0. The third-order valence-electron chi connectivity index (χ3n) is 3.46. The molecule has 5 nitrogen and oxygen atoms in total. The van der Waals surface area contributed by atoms with Gasteiger partial charge in [0.2, 0.25) is 0 Å². The van der Waals surface area contributed by atoms with Gasteiger partial charge in [-0.15, -0.1) is 0 Å². The summed E-state index contributed by atoms with van der Waals surface area (Å²) in [4.78, 5) is 23.6. The molecule has 106 valence electrons. The summed E-state index contributed by atoms with van der Waals surface area (Å²) >= 11 is 0. The van der Waals surface area contributed by atoms with Crippen molar-refractivity contribution in [2.45, 2.75) is 13.3 Å². The summed E-state index contributed by atoms with van der Waals surface area (Å²) in [6, 6.07) is 5.03. The monoisotopic (exact) mass is 284 g/mol. The van der Waals surface area contributed by atoms with Crippen molar-refractivity contribution in [3.63, 3.8) is 0 Å². The van der Waals surface area contributed by atoms with E-state index in [0.717, 1.165) is 0 Å². The molecule has 1 N–H and O–H groups in total. The average molecular weight is 284 g/mol. The van der Waals surface area contributed by atoms with E-state index in [0.29, 0.717) is 33.2 Å². The number of hydrogen-bond acceptors (Lipinski definition) is 4. The number of carboxylic acid groups (broad SMARTS) is 1. The van der Waals surface area contributed by atoms with E-state index in [1.807, 2.05) is 0 Å². The molecule has 2 aromatic heterocycles. The first-order chi connectivity index (χ1) is 10.1. The molecule has 0 radical (unpaired) electrons. The van der Waals surface area contributed by atoms with Crippen LogP contribution < -0.4 is 0 Å². The molecule has 0 spiro atoms. The van der Waals surface area contributed by atoms with Crippen molar-refractivity contribution in [3.8, 4) is 0 Å². The van der Waals surface area contributed by atoms with Crippen LogP contribution in [0.3, 0.4) is 0 Å². The van der Waals surface area contributed by atoms with E-state index < -0.39 is 5.97 Å². The van der Waals surface area contributed by atoms with Crippen LogP contribution in [0.4, 0.5) is 0 Å². The summed E-state index contributed by atoms with van der Waals surface area (Å²) in [5.41, 5.74) is 2.47. The highest BCUT2D eigenvalue weighted by Gasteiger charge is 2.21.